The minimum atomic E-state index is 0.0743. The maximum absolute atomic E-state index is 12.2. The van der Waals surface area contributed by atoms with Gasteiger partial charge in [0.15, 0.2) is 5.82 Å². The molecule has 0 radical (unpaired) electrons. The van der Waals surface area contributed by atoms with Gasteiger partial charge in [-0.05, 0) is 52.0 Å². The van der Waals surface area contributed by atoms with Crippen molar-refractivity contribution in [1.29, 1.82) is 0 Å². The van der Waals surface area contributed by atoms with Crippen LogP contribution in [0.3, 0.4) is 0 Å². The predicted molar refractivity (Wildman–Crippen MR) is 77.5 cm³/mol. The van der Waals surface area contributed by atoms with Crippen LogP contribution >= 0.6 is 0 Å². The third-order valence-electron chi connectivity index (χ3n) is 4.53. The Hall–Kier alpha value is -1.43. The van der Waals surface area contributed by atoms with Gasteiger partial charge in [0.05, 0.1) is 12.0 Å². The standard InChI is InChI=1S/C15H24N4O2/c1-10(15-17-11(2)18-21-15)19-7-3-4-13(9-19)14(20)16-8-12-5-6-12/h10,12-13H,3-9H2,1-2H3,(H,16,20)/t10-,13-/m0/s1. The highest BCUT2D eigenvalue weighted by molar-refractivity contribution is 5.79. The number of nitrogens with zero attached hydrogens (tertiary/aromatic N) is 3. The average Bonchev–Trinajstić information content (AvgIpc) is 3.24. The fourth-order valence-electron chi connectivity index (χ4n) is 2.92. The van der Waals surface area contributed by atoms with Crippen LogP contribution in [0.5, 0.6) is 0 Å². The van der Waals surface area contributed by atoms with Gasteiger partial charge in [0.25, 0.3) is 0 Å². The summed E-state index contributed by atoms with van der Waals surface area (Å²) >= 11 is 0. The van der Waals surface area contributed by atoms with E-state index >= 15 is 0 Å². The van der Waals surface area contributed by atoms with Crippen molar-refractivity contribution in [3.05, 3.63) is 11.7 Å². The van der Waals surface area contributed by atoms with Crippen molar-refractivity contribution in [2.75, 3.05) is 19.6 Å². The molecule has 6 heteroatoms. The summed E-state index contributed by atoms with van der Waals surface area (Å²) < 4.78 is 5.26. The van der Waals surface area contributed by atoms with Gasteiger partial charge in [-0.1, -0.05) is 5.16 Å². The first kappa shape index (κ1) is 14.5. The normalized spacial score (nSPS) is 24.8. The van der Waals surface area contributed by atoms with Gasteiger partial charge in [0.1, 0.15) is 0 Å². The number of aromatic nitrogens is 2. The summed E-state index contributed by atoms with van der Waals surface area (Å²) in [6.45, 7) is 6.50. The zero-order chi connectivity index (χ0) is 14.8. The van der Waals surface area contributed by atoms with E-state index in [2.05, 4.69) is 27.3 Å². The molecule has 21 heavy (non-hydrogen) atoms. The van der Waals surface area contributed by atoms with Gasteiger partial charge in [0.2, 0.25) is 11.8 Å². The SMILES string of the molecule is Cc1noc([C@H](C)N2CCC[C@H](C(=O)NCC3CC3)C2)n1. The first-order valence-electron chi connectivity index (χ1n) is 7.95. The number of piperidine rings is 1. The van der Waals surface area contributed by atoms with E-state index in [0.29, 0.717) is 11.7 Å². The highest BCUT2D eigenvalue weighted by atomic mass is 16.5. The van der Waals surface area contributed by atoms with Crippen LogP contribution in [0.15, 0.2) is 4.52 Å². The van der Waals surface area contributed by atoms with E-state index in [1.807, 2.05) is 6.92 Å². The van der Waals surface area contributed by atoms with Gasteiger partial charge in [-0.15, -0.1) is 0 Å². The number of carbonyl (C=O) groups excluding carboxylic acids is 1. The van der Waals surface area contributed by atoms with Crippen molar-refractivity contribution in [3.8, 4) is 0 Å². The average molecular weight is 292 g/mol. The van der Waals surface area contributed by atoms with Crippen LogP contribution in [-0.2, 0) is 4.79 Å². The number of carbonyl (C=O) groups is 1. The summed E-state index contributed by atoms with van der Waals surface area (Å²) in [5.41, 5.74) is 0. The number of hydrogen-bond acceptors (Lipinski definition) is 5. The predicted octanol–water partition coefficient (Wildman–Crippen LogP) is 1.68. The summed E-state index contributed by atoms with van der Waals surface area (Å²) in [6.07, 6.45) is 4.55. The first-order valence-corrected chi connectivity index (χ1v) is 7.95. The Labute approximate surface area is 125 Å². The second kappa shape index (κ2) is 6.13. The lowest BCUT2D eigenvalue weighted by atomic mass is 9.96. The third-order valence-corrected chi connectivity index (χ3v) is 4.53. The molecule has 116 valence electrons. The second-order valence-electron chi connectivity index (χ2n) is 6.38. The molecule has 1 amide bonds. The Balaban J connectivity index is 1.55. The first-order chi connectivity index (χ1) is 10.1. The van der Waals surface area contributed by atoms with Crippen LogP contribution < -0.4 is 5.32 Å². The molecule has 1 aromatic rings. The molecule has 3 rings (SSSR count). The van der Waals surface area contributed by atoms with Gasteiger partial charge in [-0.3, -0.25) is 9.69 Å². The zero-order valence-corrected chi connectivity index (χ0v) is 12.8. The van der Waals surface area contributed by atoms with Crippen LogP contribution in [0, 0.1) is 18.8 Å². The van der Waals surface area contributed by atoms with E-state index in [0.717, 1.165) is 38.4 Å². The number of rotatable bonds is 5. The molecule has 0 unspecified atom stereocenters. The molecule has 1 N–H and O–H groups in total. The highest BCUT2D eigenvalue weighted by Gasteiger charge is 2.31. The molecule has 1 saturated carbocycles. The quantitative estimate of drug-likeness (QED) is 0.894. The molecule has 0 bridgehead atoms. The van der Waals surface area contributed by atoms with E-state index in [9.17, 15) is 4.79 Å². The van der Waals surface area contributed by atoms with Crippen LogP contribution in [0.25, 0.3) is 0 Å². The van der Waals surface area contributed by atoms with Crippen molar-refractivity contribution < 1.29 is 9.32 Å². The van der Waals surface area contributed by atoms with Gasteiger partial charge < -0.3 is 9.84 Å². The van der Waals surface area contributed by atoms with E-state index in [4.69, 9.17) is 4.52 Å². The summed E-state index contributed by atoms with van der Waals surface area (Å²) in [4.78, 5) is 18.8. The van der Waals surface area contributed by atoms with Gasteiger partial charge in [-0.2, -0.15) is 4.98 Å². The monoisotopic (exact) mass is 292 g/mol. The lowest BCUT2D eigenvalue weighted by Gasteiger charge is -2.34. The molecule has 2 fully saturated rings. The maximum atomic E-state index is 12.2. The molecule has 2 heterocycles. The minimum Gasteiger partial charge on any atom is -0.356 e. The molecule has 0 spiro atoms. The summed E-state index contributed by atoms with van der Waals surface area (Å²) in [7, 11) is 0. The van der Waals surface area contributed by atoms with Crippen molar-refractivity contribution in [1.82, 2.24) is 20.4 Å². The van der Waals surface area contributed by atoms with Crippen molar-refractivity contribution in [3.63, 3.8) is 0 Å². The van der Waals surface area contributed by atoms with E-state index in [1.54, 1.807) is 0 Å². The fraction of sp³-hybridized carbons (Fsp3) is 0.800. The maximum Gasteiger partial charge on any atom is 0.243 e. The van der Waals surface area contributed by atoms with Crippen LogP contribution in [0.2, 0.25) is 0 Å². The molecule has 1 aromatic heterocycles. The molecule has 1 aliphatic heterocycles. The molecule has 1 aliphatic carbocycles. The van der Waals surface area contributed by atoms with Gasteiger partial charge in [0, 0.05) is 13.1 Å². The van der Waals surface area contributed by atoms with Gasteiger partial charge in [-0.25, -0.2) is 0 Å². The van der Waals surface area contributed by atoms with Crippen molar-refractivity contribution >= 4 is 5.91 Å². The van der Waals surface area contributed by atoms with E-state index < -0.39 is 0 Å². The van der Waals surface area contributed by atoms with Crippen LogP contribution in [0.1, 0.15) is 50.4 Å². The van der Waals surface area contributed by atoms with Crippen molar-refractivity contribution in [2.24, 2.45) is 11.8 Å². The fourth-order valence-corrected chi connectivity index (χ4v) is 2.92. The second-order valence-corrected chi connectivity index (χ2v) is 6.38. The number of likely N-dealkylation sites (tertiary alicyclic amines) is 1. The number of aryl methyl sites for hydroxylation is 1. The van der Waals surface area contributed by atoms with E-state index in [-0.39, 0.29) is 17.9 Å². The molecule has 0 aromatic carbocycles. The molecular formula is C15H24N4O2. The highest BCUT2D eigenvalue weighted by Crippen LogP contribution is 2.28. The Morgan fingerprint density at radius 3 is 2.95 bits per heavy atom. The summed E-state index contributed by atoms with van der Waals surface area (Å²) in [6, 6.07) is 0.0743. The number of nitrogens with one attached hydrogen (secondary N) is 1. The summed E-state index contributed by atoms with van der Waals surface area (Å²) in [5.74, 6) is 2.33. The Morgan fingerprint density at radius 1 is 1.48 bits per heavy atom. The molecule has 1 saturated heterocycles. The van der Waals surface area contributed by atoms with E-state index in [1.165, 1.54) is 12.8 Å². The summed E-state index contributed by atoms with van der Waals surface area (Å²) in [5, 5.41) is 6.95. The third kappa shape index (κ3) is 3.61. The Morgan fingerprint density at radius 2 is 2.29 bits per heavy atom. The number of amides is 1. The molecule has 6 nitrogen and oxygen atoms in total. The smallest absolute Gasteiger partial charge is 0.243 e. The van der Waals surface area contributed by atoms with Gasteiger partial charge >= 0.3 is 0 Å². The zero-order valence-electron chi connectivity index (χ0n) is 12.8. The Bertz CT molecular complexity index is 498. The topological polar surface area (TPSA) is 71.3 Å². The Kier molecular flexibility index (Phi) is 4.24. The van der Waals surface area contributed by atoms with Crippen LogP contribution in [-0.4, -0.2) is 40.6 Å². The minimum absolute atomic E-state index is 0.0743. The molecular weight excluding hydrogens is 268 g/mol. The van der Waals surface area contributed by atoms with Crippen LogP contribution in [0.4, 0.5) is 0 Å². The lowest BCUT2D eigenvalue weighted by molar-refractivity contribution is -0.127. The largest absolute Gasteiger partial charge is 0.356 e. The molecule has 2 aliphatic rings. The molecule has 2 atom stereocenters. The lowest BCUT2D eigenvalue weighted by Crippen LogP contribution is -2.44. The number of hydrogen-bond donors (Lipinski definition) is 1. The van der Waals surface area contributed by atoms with Crippen molar-refractivity contribution in [2.45, 2.75) is 45.6 Å².